The zero-order chi connectivity index (χ0) is 23.0. The Morgan fingerprint density at radius 2 is 1.53 bits per heavy atom. The van der Waals surface area contributed by atoms with Crippen LogP contribution in [0.1, 0.15) is 24.0 Å². The third-order valence-corrected chi connectivity index (χ3v) is 6.25. The van der Waals surface area contributed by atoms with E-state index in [9.17, 15) is 0 Å². The zero-order valence-electron chi connectivity index (χ0n) is 19.3. The van der Waals surface area contributed by atoms with Crippen molar-refractivity contribution in [2.24, 2.45) is 0 Å². The van der Waals surface area contributed by atoms with Crippen LogP contribution in [0.2, 0.25) is 0 Å². The highest BCUT2D eigenvalue weighted by Crippen LogP contribution is 2.28. The first-order chi connectivity index (χ1) is 16.8. The zero-order valence-corrected chi connectivity index (χ0v) is 19.3. The van der Waals surface area contributed by atoms with E-state index in [2.05, 4.69) is 80.1 Å². The van der Waals surface area contributed by atoms with E-state index in [1.165, 1.54) is 5.56 Å². The summed E-state index contributed by atoms with van der Waals surface area (Å²) in [5.74, 6) is 1.51. The Hall–Kier alpha value is -3.77. The van der Waals surface area contributed by atoms with Crippen LogP contribution in [0.15, 0.2) is 91.4 Å². The second kappa shape index (κ2) is 10.9. The maximum atomic E-state index is 4.88. The molecule has 1 aliphatic heterocycles. The molecule has 6 nitrogen and oxygen atoms in total. The lowest BCUT2D eigenvalue weighted by molar-refractivity contribution is 0.211. The third-order valence-electron chi connectivity index (χ3n) is 6.25. The Labute approximate surface area is 201 Å². The standard InChI is InChI=1S/C28H30N6/c1-3-7-23(8-4-1)21-34-17-13-25(14-18-34)32-27-26(24-9-5-2-6-10-24)20-31-28(33-27)30-19-22-11-15-29-16-12-22/h1-12,15-16,20,25H,13-14,17-19,21H2,(H2,30,31,32,33). The van der Waals surface area contributed by atoms with Gasteiger partial charge in [-0.15, -0.1) is 0 Å². The maximum Gasteiger partial charge on any atom is 0.224 e. The average Bonchev–Trinajstić information content (AvgIpc) is 2.90. The minimum Gasteiger partial charge on any atom is -0.367 e. The second-order valence-corrected chi connectivity index (χ2v) is 8.71. The van der Waals surface area contributed by atoms with Gasteiger partial charge < -0.3 is 10.6 Å². The molecule has 3 heterocycles. The predicted molar refractivity (Wildman–Crippen MR) is 137 cm³/mol. The van der Waals surface area contributed by atoms with Crippen molar-refractivity contribution in [3.63, 3.8) is 0 Å². The molecule has 2 aromatic carbocycles. The predicted octanol–water partition coefficient (Wildman–Crippen LogP) is 5.23. The fraction of sp³-hybridized carbons (Fsp3) is 0.250. The number of rotatable bonds is 8. The highest BCUT2D eigenvalue weighted by Gasteiger charge is 2.21. The molecular weight excluding hydrogens is 420 g/mol. The van der Waals surface area contributed by atoms with Crippen LogP contribution in [-0.2, 0) is 13.1 Å². The number of anilines is 2. The lowest BCUT2D eigenvalue weighted by atomic mass is 10.0. The van der Waals surface area contributed by atoms with Crippen LogP contribution in [-0.4, -0.2) is 39.0 Å². The van der Waals surface area contributed by atoms with Gasteiger partial charge >= 0.3 is 0 Å². The third kappa shape index (κ3) is 5.77. The summed E-state index contributed by atoms with van der Waals surface area (Å²) in [4.78, 5) is 16.1. The first-order valence-electron chi connectivity index (χ1n) is 11.9. The van der Waals surface area contributed by atoms with Gasteiger partial charge in [0.25, 0.3) is 0 Å². The van der Waals surface area contributed by atoms with Crippen LogP contribution >= 0.6 is 0 Å². The molecule has 4 aromatic rings. The molecule has 0 bridgehead atoms. The first kappa shape index (κ1) is 22.0. The molecule has 172 valence electrons. The fourth-order valence-electron chi connectivity index (χ4n) is 4.36. The van der Waals surface area contributed by atoms with E-state index in [-0.39, 0.29) is 0 Å². The smallest absolute Gasteiger partial charge is 0.224 e. The van der Waals surface area contributed by atoms with Gasteiger partial charge in [-0.05, 0) is 41.7 Å². The van der Waals surface area contributed by atoms with E-state index >= 15 is 0 Å². The minimum absolute atomic E-state index is 0.387. The molecule has 1 fully saturated rings. The average molecular weight is 451 g/mol. The second-order valence-electron chi connectivity index (χ2n) is 8.71. The Balaban J connectivity index is 1.28. The minimum atomic E-state index is 0.387. The highest BCUT2D eigenvalue weighted by atomic mass is 15.2. The summed E-state index contributed by atoms with van der Waals surface area (Å²) in [5.41, 5.74) is 4.67. The molecule has 1 aliphatic rings. The number of hydrogen-bond donors (Lipinski definition) is 2. The van der Waals surface area contributed by atoms with Crippen LogP contribution in [0.25, 0.3) is 11.1 Å². The monoisotopic (exact) mass is 450 g/mol. The summed E-state index contributed by atoms with van der Waals surface area (Å²) >= 11 is 0. The number of pyridine rings is 1. The van der Waals surface area contributed by atoms with E-state index in [0.717, 1.165) is 55.0 Å². The summed E-state index contributed by atoms with van der Waals surface area (Å²) in [6, 6.07) is 25.4. The van der Waals surface area contributed by atoms with Crippen molar-refractivity contribution >= 4 is 11.8 Å². The molecule has 34 heavy (non-hydrogen) atoms. The Kier molecular flexibility index (Phi) is 7.07. The molecule has 5 rings (SSSR count). The van der Waals surface area contributed by atoms with Gasteiger partial charge in [0.2, 0.25) is 5.95 Å². The lowest BCUT2D eigenvalue weighted by Gasteiger charge is -2.33. The SMILES string of the molecule is c1ccc(CN2CCC(Nc3nc(NCc4ccncc4)ncc3-c3ccccc3)CC2)cc1. The maximum absolute atomic E-state index is 4.88. The molecule has 0 saturated carbocycles. The van der Waals surface area contributed by atoms with E-state index in [1.807, 2.05) is 24.4 Å². The number of piperidine rings is 1. The van der Waals surface area contributed by atoms with E-state index < -0.39 is 0 Å². The number of nitrogens with zero attached hydrogens (tertiary/aromatic N) is 4. The molecule has 0 unspecified atom stereocenters. The van der Waals surface area contributed by atoms with Crippen LogP contribution < -0.4 is 10.6 Å². The van der Waals surface area contributed by atoms with E-state index in [1.54, 1.807) is 12.4 Å². The number of aromatic nitrogens is 3. The van der Waals surface area contributed by atoms with Crippen molar-refractivity contribution in [2.45, 2.75) is 32.0 Å². The largest absolute Gasteiger partial charge is 0.367 e. The Morgan fingerprint density at radius 3 is 2.26 bits per heavy atom. The molecule has 0 amide bonds. The van der Waals surface area contributed by atoms with Crippen molar-refractivity contribution < 1.29 is 0 Å². The van der Waals surface area contributed by atoms with E-state index in [0.29, 0.717) is 18.5 Å². The molecular formula is C28H30N6. The van der Waals surface area contributed by atoms with Crippen molar-refractivity contribution in [1.82, 2.24) is 19.9 Å². The van der Waals surface area contributed by atoms with Crippen LogP contribution in [0.5, 0.6) is 0 Å². The van der Waals surface area contributed by atoms with Gasteiger partial charge in [-0.25, -0.2) is 4.98 Å². The summed E-state index contributed by atoms with van der Waals surface area (Å²) in [6.45, 7) is 3.82. The van der Waals surface area contributed by atoms with Crippen molar-refractivity contribution in [2.75, 3.05) is 23.7 Å². The van der Waals surface area contributed by atoms with Crippen molar-refractivity contribution in [3.8, 4) is 11.1 Å². The molecule has 1 saturated heterocycles. The molecule has 6 heteroatoms. The van der Waals surface area contributed by atoms with Gasteiger partial charge in [0.05, 0.1) is 0 Å². The Bertz CT molecular complexity index is 1160. The molecule has 2 aromatic heterocycles. The molecule has 0 aliphatic carbocycles. The summed E-state index contributed by atoms with van der Waals surface area (Å²) in [6.07, 6.45) is 7.70. The topological polar surface area (TPSA) is 66.0 Å². The molecule has 2 N–H and O–H groups in total. The lowest BCUT2D eigenvalue weighted by Crippen LogP contribution is -2.38. The normalized spacial score (nSPS) is 14.6. The first-order valence-corrected chi connectivity index (χ1v) is 11.9. The van der Waals surface area contributed by atoms with Crippen LogP contribution in [0, 0.1) is 0 Å². The number of hydrogen-bond acceptors (Lipinski definition) is 6. The van der Waals surface area contributed by atoms with Crippen molar-refractivity contribution in [3.05, 3.63) is 103 Å². The summed E-state index contributed by atoms with van der Waals surface area (Å²) in [5, 5.41) is 7.10. The van der Waals surface area contributed by atoms with Gasteiger partial charge in [-0.1, -0.05) is 60.7 Å². The summed E-state index contributed by atoms with van der Waals surface area (Å²) < 4.78 is 0. The van der Waals surface area contributed by atoms with Gasteiger partial charge in [0, 0.05) is 56.4 Å². The van der Waals surface area contributed by atoms with Gasteiger partial charge in [-0.3, -0.25) is 9.88 Å². The van der Waals surface area contributed by atoms with Gasteiger partial charge in [0.1, 0.15) is 5.82 Å². The molecule has 0 atom stereocenters. The number of nitrogens with one attached hydrogen (secondary N) is 2. The summed E-state index contributed by atoms with van der Waals surface area (Å²) in [7, 11) is 0. The van der Waals surface area contributed by atoms with E-state index in [4.69, 9.17) is 4.98 Å². The Morgan fingerprint density at radius 1 is 0.824 bits per heavy atom. The van der Waals surface area contributed by atoms with Crippen LogP contribution in [0.4, 0.5) is 11.8 Å². The highest BCUT2D eigenvalue weighted by molar-refractivity contribution is 5.75. The fourth-order valence-corrected chi connectivity index (χ4v) is 4.36. The number of benzene rings is 2. The molecule has 0 spiro atoms. The number of likely N-dealkylation sites (tertiary alicyclic amines) is 1. The quantitative estimate of drug-likeness (QED) is 0.383. The molecule has 0 radical (unpaired) electrons. The van der Waals surface area contributed by atoms with Gasteiger partial charge in [-0.2, -0.15) is 4.98 Å². The van der Waals surface area contributed by atoms with Gasteiger partial charge in [0.15, 0.2) is 0 Å². The van der Waals surface area contributed by atoms with Crippen molar-refractivity contribution in [1.29, 1.82) is 0 Å². The van der Waals surface area contributed by atoms with Crippen LogP contribution in [0.3, 0.4) is 0 Å².